The molecule has 2 rings (SSSR count). The minimum Gasteiger partial charge on any atom is -0.495 e. The summed E-state index contributed by atoms with van der Waals surface area (Å²) in [4.78, 5) is 0.347. The first-order chi connectivity index (χ1) is 8.67. The maximum Gasteiger partial charge on any atom is 0.141 e. The molecule has 0 aromatic heterocycles. The van der Waals surface area contributed by atoms with E-state index in [4.69, 9.17) is 9.47 Å². The molecule has 0 radical (unpaired) electrons. The van der Waals surface area contributed by atoms with Gasteiger partial charge in [-0.3, -0.25) is 0 Å². The van der Waals surface area contributed by atoms with Crippen molar-refractivity contribution in [3.8, 4) is 11.5 Å². The third-order valence-electron chi connectivity index (χ3n) is 3.62. The van der Waals surface area contributed by atoms with Gasteiger partial charge in [-0.05, 0) is 34.3 Å². The lowest BCUT2D eigenvalue weighted by Crippen LogP contribution is -2.13. The van der Waals surface area contributed by atoms with Crippen LogP contribution < -0.4 is 9.47 Å². The van der Waals surface area contributed by atoms with Gasteiger partial charge in [-0.2, -0.15) is 0 Å². The second kappa shape index (κ2) is 6.29. The molecule has 1 unspecified atom stereocenters. The molecule has 0 heterocycles. The molecule has 0 amide bonds. The third-order valence-corrected chi connectivity index (χ3v) is 5.24. The van der Waals surface area contributed by atoms with Crippen molar-refractivity contribution < 1.29 is 9.47 Å². The number of rotatable bonds is 5. The maximum absolute atomic E-state index is 5.52. The highest BCUT2D eigenvalue weighted by Gasteiger charge is 2.24. The fourth-order valence-electron chi connectivity index (χ4n) is 2.31. The Hall–Kier alpha value is -0.220. The van der Waals surface area contributed by atoms with E-state index in [1.165, 1.54) is 31.2 Å². The van der Waals surface area contributed by atoms with Gasteiger partial charge in [0.2, 0.25) is 0 Å². The predicted molar refractivity (Wildman–Crippen MR) is 80.9 cm³/mol. The number of hydrogen-bond acceptors (Lipinski definition) is 2. The fourth-order valence-corrected chi connectivity index (χ4v) is 3.89. The molecule has 1 aromatic carbocycles. The Labute approximate surface area is 125 Å². The number of alkyl halides is 1. The average molecular weight is 378 g/mol. The zero-order valence-electron chi connectivity index (χ0n) is 10.7. The van der Waals surface area contributed by atoms with Crippen LogP contribution in [0.15, 0.2) is 16.6 Å². The van der Waals surface area contributed by atoms with Crippen LogP contribution in [0.25, 0.3) is 0 Å². The smallest absolute Gasteiger partial charge is 0.141 e. The zero-order valence-corrected chi connectivity index (χ0v) is 13.9. The number of halogens is 2. The van der Waals surface area contributed by atoms with E-state index in [9.17, 15) is 0 Å². The number of methoxy groups -OCH3 is 2. The van der Waals surface area contributed by atoms with Crippen LogP contribution in [0.4, 0.5) is 0 Å². The molecule has 0 N–H and O–H groups in total. The van der Waals surface area contributed by atoms with Crippen molar-refractivity contribution in [2.24, 2.45) is 5.92 Å². The molecular weight excluding hydrogens is 360 g/mol. The van der Waals surface area contributed by atoms with E-state index in [2.05, 4.69) is 37.9 Å². The molecule has 1 atom stereocenters. The van der Waals surface area contributed by atoms with Gasteiger partial charge in [-0.1, -0.05) is 41.3 Å². The van der Waals surface area contributed by atoms with Crippen LogP contribution in [0.1, 0.15) is 36.1 Å². The molecule has 100 valence electrons. The Morgan fingerprint density at radius 2 is 2.00 bits per heavy atom. The van der Waals surface area contributed by atoms with Gasteiger partial charge in [0.05, 0.1) is 14.2 Å². The van der Waals surface area contributed by atoms with Gasteiger partial charge in [0.1, 0.15) is 16.0 Å². The van der Waals surface area contributed by atoms with E-state index >= 15 is 0 Å². The van der Waals surface area contributed by atoms with Crippen molar-refractivity contribution in [1.82, 2.24) is 0 Å². The second-order valence-electron chi connectivity index (χ2n) is 4.70. The van der Waals surface area contributed by atoms with E-state index in [-0.39, 0.29) is 0 Å². The summed E-state index contributed by atoms with van der Waals surface area (Å²) in [7, 11) is 3.37. The minimum atomic E-state index is 0.347. The number of benzene rings is 1. The van der Waals surface area contributed by atoms with Crippen LogP contribution in [0.2, 0.25) is 0 Å². The van der Waals surface area contributed by atoms with E-state index in [1.54, 1.807) is 14.2 Å². The van der Waals surface area contributed by atoms with E-state index in [1.807, 2.05) is 6.07 Å². The Kier molecular flexibility index (Phi) is 4.96. The van der Waals surface area contributed by atoms with Crippen LogP contribution in [0, 0.1) is 5.92 Å². The third kappa shape index (κ3) is 2.85. The number of hydrogen-bond donors (Lipinski definition) is 0. The lowest BCUT2D eigenvalue weighted by atomic mass is 9.81. The van der Waals surface area contributed by atoms with Crippen molar-refractivity contribution in [2.75, 3.05) is 14.2 Å². The standard InChI is InChI=1S/C14H18Br2O2/c1-17-12-7-6-10(14(18-2)13(12)16)11(15)8-9-4-3-5-9/h6-7,9,11H,3-5,8H2,1-2H3. The summed E-state index contributed by atoms with van der Waals surface area (Å²) in [5.74, 6) is 2.54. The molecule has 18 heavy (non-hydrogen) atoms. The first kappa shape index (κ1) is 14.2. The molecule has 1 saturated carbocycles. The summed E-state index contributed by atoms with van der Waals surface area (Å²) >= 11 is 7.34. The van der Waals surface area contributed by atoms with E-state index in [0.717, 1.165) is 21.9 Å². The molecule has 0 bridgehead atoms. The highest BCUT2D eigenvalue weighted by molar-refractivity contribution is 9.10. The van der Waals surface area contributed by atoms with Crippen molar-refractivity contribution in [3.63, 3.8) is 0 Å². The summed E-state index contributed by atoms with van der Waals surface area (Å²) in [5.41, 5.74) is 1.19. The van der Waals surface area contributed by atoms with Crippen LogP contribution in [0.3, 0.4) is 0 Å². The summed E-state index contributed by atoms with van der Waals surface area (Å²) in [6.45, 7) is 0. The molecule has 0 spiro atoms. The first-order valence-corrected chi connectivity index (χ1v) is 7.92. The average Bonchev–Trinajstić information content (AvgIpc) is 2.33. The summed E-state index contributed by atoms with van der Waals surface area (Å²) in [6.07, 6.45) is 5.28. The Morgan fingerprint density at radius 3 is 2.50 bits per heavy atom. The quantitative estimate of drug-likeness (QED) is 0.665. The second-order valence-corrected chi connectivity index (χ2v) is 6.60. The summed E-state index contributed by atoms with van der Waals surface area (Å²) in [5, 5.41) is 0. The van der Waals surface area contributed by atoms with Gasteiger partial charge in [0, 0.05) is 10.4 Å². The summed E-state index contributed by atoms with van der Waals surface area (Å²) < 4.78 is 11.7. The highest BCUT2D eigenvalue weighted by atomic mass is 79.9. The van der Waals surface area contributed by atoms with Gasteiger partial charge < -0.3 is 9.47 Å². The van der Waals surface area contributed by atoms with E-state index < -0.39 is 0 Å². The largest absolute Gasteiger partial charge is 0.495 e. The maximum atomic E-state index is 5.52. The lowest BCUT2D eigenvalue weighted by Gasteiger charge is -2.28. The van der Waals surface area contributed by atoms with Gasteiger partial charge in [-0.15, -0.1) is 0 Å². The molecule has 4 heteroatoms. The van der Waals surface area contributed by atoms with Crippen LogP contribution in [0.5, 0.6) is 11.5 Å². The van der Waals surface area contributed by atoms with Gasteiger partial charge in [-0.25, -0.2) is 0 Å². The molecule has 0 aliphatic heterocycles. The predicted octanol–water partition coefficient (Wildman–Crippen LogP) is 5.09. The SMILES string of the molecule is COc1ccc(C(Br)CC2CCC2)c(OC)c1Br. The molecule has 1 aliphatic carbocycles. The Morgan fingerprint density at radius 1 is 1.28 bits per heavy atom. The molecule has 1 aromatic rings. The van der Waals surface area contributed by atoms with E-state index in [0.29, 0.717) is 4.83 Å². The topological polar surface area (TPSA) is 18.5 Å². The molecular formula is C14H18Br2O2. The summed E-state index contributed by atoms with van der Waals surface area (Å²) in [6, 6.07) is 4.07. The highest BCUT2D eigenvalue weighted by Crippen LogP contribution is 2.46. The van der Waals surface area contributed by atoms with Gasteiger partial charge in [0.25, 0.3) is 0 Å². The van der Waals surface area contributed by atoms with Gasteiger partial charge >= 0.3 is 0 Å². The van der Waals surface area contributed by atoms with Gasteiger partial charge in [0.15, 0.2) is 0 Å². The lowest BCUT2D eigenvalue weighted by molar-refractivity contribution is 0.294. The Balaban J connectivity index is 2.22. The molecule has 1 aliphatic rings. The number of ether oxygens (including phenoxy) is 2. The molecule has 1 fully saturated rings. The molecule has 0 saturated heterocycles. The van der Waals surface area contributed by atoms with Crippen molar-refractivity contribution in [1.29, 1.82) is 0 Å². The zero-order chi connectivity index (χ0) is 13.1. The van der Waals surface area contributed by atoms with Crippen LogP contribution in [-0.2, 0) is 0 Å². The monoisotopic (exact) mass is 376 g/mol. The van der Waals surface area contributed by atoms with Crippen molar-refractivity contribution in [3.05, 3.63) is 22.2 Å². The Bertz CT molecular complexity index is 417. The fraction of sp³-hybridized carbons (Fsp3) is 0.571. The van der Waals surface area contributed by atoms with Crippen LogP contribution in [-0.4, -0.2) is 14.2 Å². The normalized spacial score (nSPS) is 17.1. The molecule has 2 nitrogen and oxygen atoms in total. The first-order valence-electron chi connectivity index (χ1n) is 6.21. The minimum absolute atomic E-state index is 0.347. The van der Waals surface area contributed by atoms with Crippen LogP contribution >= 0.6 is 31.9 Å². The van der Waals surface area contributed by atoms with Crippen molar-refractivity contribution in [2.45, 2.75) is 30.5 Å². The van der Waals surface area contributed by atoms with Crippen molar-refractivity contribution >= 4 is 31.9 Å².